The Kier molecular flexibility index (Phi) is 13.2. The maximum absolute atomic E-state index is 13.7. The van der Waals surface area contributed by atoms with Crippen molar-refractivity contribution in [2.75, 3.05) is 26.7 Å². The van der Waals surface area contributed by atoms with Crippen molar-refractivity contribution in [1.29, 1.82) is 0 Å². The van der Waals surface area contributed by atoms with Crippen LogP contribution >= 0.6 is 0 Å². The van der Waals surface area contributed by atoms with Crippen LogP contribution in [0.5, 0.6) is 5.75 Å². The minimum absolute atomic E-state index is 0.103. The van der Waals surface area contributed by atoms with Crippen molar-refractivity contribution in [3.05, 3.63) is 42.0 Å². The van der Waals surface area contributed by atoms with Crippen LogP contribution in [0.4, 0.5) is 0 Å². The number of aliphatic hydroxyl groups is 2. The Bertz CT molecular complexity index is 1750. The number of ether oxygens (including phenoxy) is 1. The molecule has 3 heterocycles. The number of methoxy groups -OCH3 is 1. The molecule has 14 heteroatoms. The SMILES string of the molecule is CCC(=O)CCCCC[C@H](NC(=O)[C@H]1CC12CCN(CC1CC1)CC2)c1ncc(-c2cc3ccc(C)nc3cc2OC)[nH]1.O=C(O)[C@H](O)[C@@H](O)C(=O)O. The summed E-state index contributed by atoms with van der Waals surface area (Å²) in [5, 5.41) is 37.0. The van der Waals surface area contributed by atoms with Crippen LogP contribution in [-0.2, 0) is 19.2 Å². The fourth-order valence-corrected chi connectivity index (χ4v) is 7.25. The van der Waals surface area contributed by atoms with Gasteiger partial charge in [-0.25, -0.2) is 14.6 Å². The Morgan fingerprint density at radius 1 is 1.04 bits per heavy atom. The smallest absolute Gasteiger partial charge is 0.335 e. The highest BCUT2D eigenvalue weighted by atomic mass is 16.5. The van der Waals surface area contributed by atoms with Gasteiger partial charge in [0, 0.05) is 48.0 Å². The summed E-state index contributed by atoms with van der Waals surface area (Å²) in [5.74, 6) is -0.527. The molecule has 2 aromatic heterocycles. The van der Waals surface area contributed by atoms with Gasteiger partial charge in [0.1, 0.15) is 17.4 Å². The maximum atomic E-state index is 13.7. The summed E-state index contributed by atoms with van der Waals surface area (Å²) in [6.45, 7) is 7.41. The van der Waals surface area contributed by atoms with Gasteiger partial charge in [0.25, 0.3) is 0 Å². The first kappa shape index (κ1) is 39.8. The van der Waals surface area contributed by atoms with Crippen molar-refractivity contribution >= 4 is 34.5 Å². The number of aryl methyl sites for hydroxylation is 1. The Morgan fingerprint density at radius 2 is 1.74 bits per heavy atom. The molecule has 3 aliphatic rings. The molecule has 1 spiro atoms. The molecule has 14 nitrogen and oxygen atoms in total. The number of likely N-dealkylation sites (tertiary alicyclic amines) is 1. The third kappa shape index (κ3) is 10.4. The largest absolute Gasteiger partial charge is 0.496 e. The van der Waals surface area contributed by atoms with Crippen molar-refractivity contribution < 1.29 is 44.3 Å². The standard InChI is InChI=1S/C35H47N5O3.C4H6O6/c1-4-26(41)8-6-5-7-9-29(39-34(42)28-20-35(28)14-16-40(17-15-35)22-24-11-12-24)33-36-21-31(38-33)27-18-25-13-10-23(2)37-30(25)19-32(27)43-3;5-1(3(7)8)2(6)4(9)10/h10,13,18-19,21,24,28-29H,4-9,11-12,14-17,20,22H2,1-3H3,(H,36,38)(H,39,42);1-2,5-6H,(H,7,8)(H,9,10)/t28-,29+;1-,2-/m11/s1. The average Bonchev–Trinajstić information content (AvgIpc) is 4.05. The van der Waals surface area contributed by atoms with Gasteiger partial charge in [0.2, 0.25) is 5.91 Å². The molecule has 2 aliphatic carbocycles. The minimum atomic E-state index is -2.27. The van der Waals surface area contributed by atoms with Gasteiger partial charge in [-0.3, -0.25) is 14.6 Å². The molecule has 0 radical (unpaired) electrons. The number of carbonyl (C=O) groups excluding carboxylic acids is 2. The van der Waals surface area contributed by atoms with Crippen molar-refractivity contribution in [2.24, 2.45) is 17.3 Å². The predicted octanol–water partition coefficient (Wildman–Crippen LogP) is 4.42. The number of imidazole rings is 1. The molecule has 6 N–H and O–H groups in total. The van der Waals surface area contributed by atoms with Crippen molar-refractivity contribution in [1.82, 2.24) is 25.2 Å². The van der Waals surface area contributed by atoms with Crippen LogP contribution in [0.2, 0.25) is 0 Å². The highest BCUT2D eigenvalue weighted by Crippen LogP contribution is 2.59. The van der Waals surface area contributed by atoms with Crippen molar-refractivity contribution in [3.8, 4) is 17.0 Å². The summed E-state index contributed by atoms with van der Waals surface area (Å²) < 4.78 is 5.75. The van der Waals surface area contributed by atoms with E-state index in [-0.39, 0.29) is 23.3 Å². The third-order valence-electron chi connectivity index (χ3n) is 10.9. The normalized spacial score (nSPS) is 19.5. The molecule has 3 fully saturated rings. The molecule has 6 rings (SSSR count). The van der Waals surface area contributed by atoms with Crippen LogP contribution in [0.25, 0.3) is 22.2 Å². The fourth-order valence-electron chi connectivity index (χ4n) is 7.25. The van der Waals surface area contributed by atoms with Gasteiger partial charge in [-0.05, 0) is 88.4 Å². The molecule has 1 aliphatic heterocycles. The van der Waals surface area contributed by atoms with Crippen LogP contribution in [0, 0.1) is 24.2 Å². The number of carboxylic acid groups (broad SMARTS) is 2. The van der Waals surface area contributed by atoms with Crippen LogP contribution < -0.4 is 10.1 Å². The zero-order valence-corrected chi connectivity index (χ0v) is 30.8. The maximum Gasteiger partial charge on any atom is 0.335 e. The number of aromatic amines is 1. The Balaban J connectivity index is 0.000000476. The highest BCUT2D eigenvalue weighted by Gasteiger charge is 2.58. The van der Waals surface area contributed by atoms with E-state index < -0.39 is 24.1 Å². The number of unbranched alkanes of at least 4 members (excludes halogenated alkanes) is 2. The molecular weight excluding hydrogens is 682 g/mol. The van der Waals surface area contributed by atoms with Crippen molar-refractivity contribution in [3.63, 3.8) is 0 Å². The van der Waals surface area contributed by atoms with E-state index in [4.69, 9.17) is 30.1 Å². The molecule has 2 saturated carbocycles. The van der Waals surface area contributed by atoms with Crippen molar-refractivity contribution in [2.45, 2.75) is 103 Å². The summed E-state index contributed by atoms with van der Waals surface area (Å²) in [5.41, 5.74) is 3.82. The Morgan fingerprint density at radius 3 is 2.36 bits per heavy atom. The molecule has 0 bridgehead atoms. The number of aromatic nitrogens is 3. The number of nitrogens with zero attached hydrogens (tertiary/aromatic N) is 3. The first-order valence-electron chi connectivity index (χ1n) is 18.7. The van der Waals surface area contributed by atoms with Gasteiger partial charge in [-0.15, -0.1) is 0 Å². The lowest BCUT2D eigenvalue weighted by Crippen LogP contribution is -2.39. The zero-order valence-electron chi connectivity index (χ0n) is 30.8. The summed E-state index contributed by atoms with van der Waals surface area (Å²) in [6, 6.07) is 7.94. The number of H-pyrrole nitrogens is 1. The molecule has 0 unspecified atom stereocenters. The van der Waals surface area contributed by atoms with E-state index in [9.17, 15) is 19.2 Å². The number of nitrogens with one attached hydrogen (secondary N) is 2. The Labute approximate surface area is 309 Å². The molecule has 3 aromatic rings. The van der Waals surface area contributed by atoms with Crippen LogP contribution in [0.15, 0.2) is 30.5 Å². The number of amides is 1. The molecular formula is C39H53N5O9. The number of ketones is 1. The molecule has 288 valence electrons. The van der Waals surface area contributed by atoms with E-state index in [0.29, 0.717) is 18.6 Å². The monoisotopic (exact) mass is 735 g/mol. The molecule has 1 saturated heterocycles. The summed E-state index contributed by atoms with van der Waals surface area (Å²) in [7, 11) is 1.67. The molecule has 1 amide bonds. The lowest BCUT2D eigenvalue weighted by atomic mass is 9.90. The number of carboxylic acids is 2. The molecule has 1 aromatic carbocycles. The second kappa shape index (κ2) is 17.6. The topological polar surface area (TPSA) is 215 Å². The van der Waals surface area contributed by atoms with Gasteiger partial charge in [0.15, 0.2) is 12.2 Å². The summed E-state index contributed by atoms with van der Waals surface area (Å²) in [4.78, 5) is 60.6. The Hall–Kier alpha value is -4.40. The second-order valence-electron chi connectivity index (χ2n) is 14.9. The number of fused-ring (bicyclic) bond motifs is 1. The van der Waals surface area contributed by atoms with Gasteiger partial charge in [-0.2, -0.15) is 0 Å². The van der Waals surface area contributed by atoms with E-state index in [1.54, 1.807) is 7.11 Å². The van der Waals surface area contributed by atoms with Crippen LogP contribution in [-0.4, -0.2) is 103 Å². The molecule has 4 atom stereocenters. The van der Waals surface area contributed by atoms with E-state index >= 15 is 0 Å². The highest BCUT2D eigenvalue weighted by molar-refractivity contribution is 5.88. The number of Topliss-reactive ketones (excluding diaryl/α,β-unsaturated/α-hetero) is 1. The number of benzene rings is 1. The lowest BCUT2D eigenvalue weighted by Gasteiger charge is -2.33. The number of rotatable bonds is 17. The van der Waals surface area contributed by atoms with Crippen LogP contribution in [0.1, 0.15) is 95.1 Å². The number of aliphatic carboxylic acids is 2. The van der Waals surface area contributed by atoms with E-state index in [1.807, 2.05) is 32.2 Å². The fraction of sp³-hybridized carbons (Fsp3) is 0.590. The number of aliphatic hydroxyl groups excluding tert-OH is 2. The first-order valence-corrected chi connectivity index (χ1v) is 18.7. The number of hydrogen-bond acceptors (Lipinski definition) is 10. The summed E-state index contributed by atoms with van der Waals surface area (Å²) >= 11 is 0. The first-order chi connectivity index (χ1) is 25.3. The molecule has 53 heavy (non-hydrogen) atoms. The third-order valence-corrected chi connectivity index (χ3v) is 10.9. The van der Waals surface area contributed by atoms with E-state index in [1.165, 1.54) is 19.4 Å². The number of carbonyl (C=O) groups is 4. The number of piperidine rings is 1. The van der Waals surface area contributed by atoms with Crippen LogP contribution in [0.3, 0.4) is 0 Å². The number of hydrogen-bond donors (Lipinski definition) is 6. The lowest BCUT2D eigenvalue weighted by molar-refractivity contribution is -0.165. The minimum Gasteiger partial charge on any atom is -0.496 e. The van der Waals surface area contributed by atoms with Gasteiger partial charge >= 0.3 is 11.9 Å². The number of pyridine rings is 1. The van der Waals surface area contributed by atoms with Gasteiger partial charge in [-0.1, -0.05) is 25.8 Å². The van der Waals surface area contributed by atoms with E-state index in [0.717, 1.165) is 103 Å². The second-order valence-corrected chi connectivity index (χ2v) is 14.9. The zero-order chi connectivity index (χ0) is 38.3. The summed E-state index contributed by atoms with van der Waals surface area (Å²) in [6.07, 6.45) is 8.16. The quantitative estimate of drug-likeness (QED) is 0.106. The average molecular weight is 736 g/mol. The van der Waals surface area contributed by atoms with Gasteiger partial charge in [0.05, 0.1) is 30.6 Å². The van der Waals surface area contributed by atoms with Gasteiger partial charge < -0.3 is 40.4 Å². The van der Waals surface area contributed by atoms with E-state index in [2.05, 4.69) is 32.3 Å². The predicted molar refractivity (Wildman–Crippen MR) is 196 cm³/mol.